The molecule has 1 saturated heterocycles. The second-order valence-electron chi connectivity index (χ2n) is 5.22. The van der Waals surface area contributed by atoms with Crippen molar-refractivity contribution in [3.63, 3.8) is 0 Å². The van der Waals surface area contributed by atoms with Gasteiger partial charge in [0.15, 0.2) is 0 Å². The standard InChI is InChI=1S/C13H17F3N2O2S/c1-9-7-17-8-10(2)18(9)21(19,20)12-5-3-4-11(6-12)13(14,15)16/h3-6,9-10,17H,7-8H2,1-2H3. The molecular formula is C13H17F3N2O2S. The average Bonchev–Trinajstić information content (AvgIpc) is 2.37. The number of nitrogens with one attached hydrogen (secondary N) is 1. The van der Waals surface area contributed by atoms with E-state index < -0.39 is 21.8 Å². The Morgan fingerprint density at radius 2 is 1.76 bits per heavy atom. The topological polar surface area (TPSA) is 49.4 Å². The number of piperazine rings is 1. The van der Waals surface area contributed by atoms with Crippen molar-refractivity contribution in [2.24, 2.45) is 0 Å². The maximum Gasteiger partial charge on any atom is 0.416 e. The highest BCUT2D eigenvalue weighted by atomic mass is 32.2. The van der Waals surface area contributed by atoms with Crippen LogP contribution in [-0.2, 0) is 16.2 Å². The van der Waals surface area contributed by atoms with Gasteiger partial charge in [-0.15, -0.1) is 0 Å². The average molecular weight is 322 g/mol. The molecule has 1 aromatic rings. The van der Waals surface area contributed by atoms with Crippen molar-refractivity contribution >= 4 is 10.0 Å². The van der Waals surface area contributed by atoms with Gasteiger partial charge in [0.1, 0.15) is 0 Å². The summed E-state index contributed by atoms with van der Waals surface area (Å²) in [4.78, 5) is -0.321. The maximum atomic E-state index is 12.7. The van der Waals surface area contributed by atoms with Gasteiger partial charge in [0.25, 0.3) is 0 Å². The van der Waals surface area contributed by atoms with E-state index in [1.54, 1.807) is 13.8 Å². The summed E-state index contributed by atoms with van der Waals surface area (Å²) in [5.74, 6) is 0. The Bertz CT molecular complexity index is 606. The van der Waals surface area contributed by atoms with Crippen molar-refractivity contribution in [2.75, 3.05) is 13.1 Å². The number of hydrogen-bond acceptors (Lipinski definition) is 3. The number of sulfonamides is 1. The summed E-state index contributed by atoms with van der Waals surface area (Å²) in [5, 5.41) is 3.09. The molecular weight excluding hydrogens is 305 g/mol. The van der Waals surface area contributed by atoms with E-state index >= 15 is 0 Å². The molecule has 2 rings (SSSR count). The van der Waals surface area contributed by atoms with Crippen molar-refractivity contribution in [1.29, 1.82) is 0 Å². The maximum absolute atomic E-state index is 12.7. The van der Waals surface area contributed by atoms with E-state index in [9.17, 15) is 21.6 Å². The van der Waals surface area contributed by atoms with Gasteiger partial charge in [0, 0.05) is 25.2 Å². The number of hydrogen-bond donors (Lipinski definition) is 1. The van der Waals surface area contributed by atoms with Crippen molar-refractivity contribution < 1.29 is 21.6 Å². The minimum atomic E-state index is -4.56. The molecule has 21 heavy (non-hydrogen) atoms. The van der Waals surface area contributed by atoms with Gasteiger partial charge in [-0.3, -0.25) is 0 Å². The van der Waals surface area contributed by atoms with Gasteiger partial charge in [0.05, 0.1) is 10.5 Å². The summed E-state index contributed by atoms with van der Waals surface area (Å²) in [5.41, 5.74) is -0.959. The Morgan fingerprint density at radius 1 is 1.19 bits per heavy atom. The first kappa shape index (κ1) is 16.3. The highest BCUT2D eigenvalue weighted by Crippen LogP contribution is 2.32. The van der Waals surface area contributed by atoms with Crippen molar-refractivity contribution in [1.82, 2.24) is 9.62 Å². The fourth-order valence-corrected chi connectivity index (χ4v) is 4.41. The third-order valence-electron chi connectivity index (χ3n) is 3.49. The molecule has 2 unspecified atom stereocenters. The second kappa shape index (κ2) is 5.58. The lowest BCUT2D eigenvalue weighted by atomic mass is 10.2. The van der Waals surface area contributed by atoms with Crippen LogP contribution < -0.4 is 5.32 Å². The minimum Gasteiger partial charge on any atom is -0.314 e. The van der Waals surface area contributed by atoms with Crippen LogP contribution in [0.4, 0.5) is 13.2 Å². The fraction of sp³-hybridized carbons (Fsp3) is 0.538. The van der Waals surface area contributed by atoms with Crippen LogP contribution in [0.1, 0.15) is 19.4 Å². The molecule has 0 saturated carbocycles. The van der Waals surface area contributed by atoms with Crippen molar-refractivity contribution in [2.45, 2.75) is 37.0 Å². The highest BCUT2D eigenvalue weighted by Gasteiger charge is 2.37. The molecule has 1 aliphatic heterocycles. The molecule has 0 aliphatic carbocycles. The fourth-order valence-electron chi connectivity index (χ4n) is 2.54. The lowest BCUT2D eigenvalue weighted by molar-refractivity contribution is -0.137. The van der Waals surface area contributed by atoms with E-state index in [2.05, 4.69) is 5.32 Å². The Balaban J connectivity index is 2.44. The number of halogens is 3. The van der Waals surface area contributed by atoms with Crippen LogP contribution in [0.2, 0.25) is 0 Å². The van der Waals surface area contributed by atoms with E-state index in [0.29, 0.717) is 19.2 Å². The van der Waals surface area contributed by atoms with Crippen molar-refractivity contribution in [3.8, 4) is 0 Å². The van der Waals surface area contributed by atoms with Crippen LogP contribution in [0.5, 0.6) is 0 Å². The van der Waals surface area contributed by atoms with E-state index in [0.717, 1.165) is 12.1 Å². The van der Waals surface area contributed by atoms with Gasteiger partial charge in [-0.05, 0) is 32.0 Å². The largest absolute Gasteiger partial charge is 0.416 e. The van der Waals surface area contributed by atoms with E-state index in [1.807, 2.05) is 0 Å². The monoisotopic (exact) mass is 322 g/mol. The molecule has 0 bridgehead atoms. The Labute approximate surface area is 122 Å². The molecule has 8 heteroatoms. The van der Waals surface area contributed by atoms with Gasteiger partial charge in [-0.2, -0.15) is 17.5 Å². The van der Waals surface area contributed by atoms with Crippen LogP contribution >= 0.6 is 0 Å². The lowest BCUT2D eigenvalue weighted by Gasteiger charge is -2.38. The van der Waals surface area contributed by atoms with E-state index in [4.69, 9.17) is 0 Å². The normalized spacial score (nSPS) is 25.0. The summed E-state index contributed by atoms with van der Waals surface area (Å²) in [6.07, 6.45) is -4.56. The molecule has 118 valence electrons. The summed E-state index contributed by atoms with van der Waals surface area (Å²) >= 11 is 0. The quantitative estimate of drug-likeness (QED) is 0.907. The van der Waals surface area contributed by atoms with Crippen LogP contribution in [0.15, 0.2) is 29.2 Å². The number of rotatable bonds is 2. The predicted octanol–water partition coefficient (Wildman–Crippen LogP) is 2.08. The lowest BCUT2D eigenvalue weighted by Crippen LogP contribution is -2.57. The highest BCUT2D eigenvalue weighted by molar-refractivity contribution is 7.89. The zero-order valence-electron chi connectivity index (χ0n) is 11.7. The number of nitrogens with zero attached hydrogens (tertiary/aromatic N) is 1. The molecule has 4 nitrogen and oxygen atoms in total. The van der Waals surface area contributed by atoms with E-state index in [1.165, 1.54) is 10.4 Å². The third kappa shape index (κ3) is 3.22. The molecule has 1 heterocycles. The minimum absolute atomic E-state index is 0.312. The van der Waals surface area contributed by atoms with Crippen LogP contribution in [-0.4, -0.2) is 37.9 Å². The predicted molar refractivity (Wildman–Crippen MR) is 72.3 cm³/mol. The van der Waals surface area contributed by atoms with Gasteiger partial charge in [-0.1, -0.05) is 6.07 Å². The summed E-state index contributed by atoms with van der Waals surface area (Å²) < 4.78 is 64.7. The third-order valence-corrected chi connectivity index (χ3v) is 5.61. The molecule has 0 amide bonds. The van der Waals surface area contributed by atoms with Gasteiger partial charge >= 0.3 is 6.18 Å². The van der Waals surface area contributed by atoms with Crippen LogP contribution in [0, 0.1) is 0 Å². The first-order valence-electron chi connectivity index (χ1n) is 6.55. The van der Waals surface area contributed by atoms with Gasteiger partial charge in [0.2, 0.25) is 10.0 Å². The van der Waals surface area contributed by atoms with E-state index in [-0.39, 0.29) is 17.0 Å². The summed E-state index contributed by atoms with van der Waals surface area (Å²) in [6, 6.07) is 3.25. The second-order valence-corrected chi connectivity index (χ2v) is 7.06. The van der Waals surface area contributed by atoms with Crippen LogP contribution in [0.25, 0.3) is 0 Å². The number of benzene rings is 1. The number of alkyl halides is 3. The molecule has 0 radical (unpaired) electrons. The zero-order chi connectivity index (χ0) is 15.8. The Kier molecular flexibility index (Phi) is 4.32. The van der Waals surface area contributed by atoms with Gasteiger partial charge < -0.3 is 5.32 Å². The molecule has 1 fully saturated rings. The van der Waals surface area contributed by atoms with Gasteiger partial charge in [-0.25, -0.2) is 8.42 Å². The first-order chi connectivity index (χ1) is 9.64. The Morgan fingerprint density at radius 3 is 2.29 bits per heavy atom. The molecule has 1 N–H and O–H groups in total. The SMILES string of the molecule is CC1CNCC(C)N1S(=O)(=O)c1cccc(C(F)(F)F)c1. The van der Waals surface area contributed by atoms with Crippen molar-refractivity contribution in [3.05, 3.63) is 29.8 Å². The first-order valence-corrected chi connectivity index (χ1v) is 7.99. The Hall–Kier alpha value is -1.12. The zero-order valence-corrected chi connectivity index (χ0v) is 12.5. The molecule has 2 atom stereocenters. The summed E-state index contributed by atoms with van der Waals surface area (Å²) in [6.45, 7) is 4.41. The smallest absolute Gasteiger partial charge is 0.314 e. The molecule has 1 aliphatic rings. The summed E-state index contributed by atoms with van der Waals surface area (Å²) in [7, 11) is -3.95. The van der Waals surface area contributed by atoms with Crippen LogP contribution in [0.3, 0.4) is 0 Å². The molecule has 0 aromatic heterocycles. The molecule has 0 spiro atoms. The molecule has 1 aromatic carbocycles.